The summed E-state index contributed by atoms with van der Waals surface area (Å²) < 4.78 is 4.34. The van der Waals surface area contributed by atoms with E-state index in [9.17, 15) is 0 Å². The summed E-state index contributed by atoms with van der Waals surface area (Å²) in [6, 6.07) is 23.4. The van der Waals surface area contributed by atoms with Gasteiger partial charge < -0.3 is 0 Å². The van der Waals surface area contributed by atoms with Crippen LogP contribution in [0.5, 0.6) is 0 Å². The zero-order chi connectivity index (χ0) is 23.3. The van der Waals surface area contributed by atoms with Crippen LogP contribution in [0.4, 0.5) is 0 Å². The average molecular weight is 708 g/mol. The number of hydrogen-bond acceptors (Lipinski definition) is 3. The molecule has 2 aromatic rings. The van der Waals surface area contributed by atoms with E-state index in [1.165, 1.54) is 11.1 Å². The Hall–Kier alpha value is 0.293. The van der Waals surface area contributed by atoms with E-state index in [0.717, 1.165) is 0 Å². The molecule has 2 aliphatic carbocycles. The number of rotatable bonds is 2. The van der Waals surface area contributed by atoms with Crippen molar-refractivity contribution in [2.24, 2.45) is 0 Å². The van der Waals surface area contributed by atoms with Crippen LogP contribution in [0.2, 0.25) is 0 Å². The van der Waals surface area contributed by atoms with E-state index in [1.807, 2.05) is 0 Å². The number of benzene rings is 2. The maximum atomic E-state index is 4.32. The Labute approximate surface area is 236 Å². The van der Waals surface area contributed by atoms with Crippen LogP contribution in [-0.2, 0) is 20.3 Å². The summed E-state index contributed by atoms with van der Waals surface area (Å²) in [4.78, 5) is 0. The zero-order valence-corrected chi connectivity index (χ0v) is 27.0. The van der Waals surface area contributed by atoms with Crippen LogP contribution in [0.1, 0.15) is 13.8 Å². The van der Waals surface area contributed by atoms with E-state index in [4.69, 9.17) is 0 Å². The standard InChI is InChI=1S/C16H14Br2S3.2C6H5.Zr/c1-7-3-9-11(5-7)19-15(17)13(9)21-14-10-4-8(2)6-12(10)20-16(14)18;2*1-2-4-6-5-3-1;/h3-6,11-12,15-16H,1-2H3;2*1-5H;. The van der Waals surface area contributed by atoms with Crippen molar-refractivity contribution in [3.8, 4) is 0 Å². The topological polar surface area (TPSA) is 0 Å². The second-order valence-corrected chi connectivity index (χ2v) is 29.0. The Morgan fingerprint density at radius 3 is 1.50 bits per heavy atom. The van der Waals surface area contributed by atoms with Gasteiger partial charge in [0.15, 0.2) is 0 Å². The van der Waals surface area contributed by atoms with E-state index in [-0.39, 0.29) is 4.91 Å². The van der Waals surface area contributed by atoms with E-state index < -0.39 is 20.3 Å². The summed E-state index contributed by atoms with van der Waals surface area (Å²) in [5, 5.41) is 0.988. The normalized spacial score (nSPS) is 38.8. The van der Waals surface area contributed by atoms with Crippen molar-refractivity contribution in [3.05, 3.63) is 107 Å². The monoisotopic (exact) mass is 704 g/mol. The van der Waals surface area contributed by atoms with E-state index >= 15 is 0 Å². The van der Waals surface area contributed by atoms with Crippen LogP contribution in [0.3, 0.4) is 0 Å². The number of halogens is 2. The van der Waals surface area contributed by atoms with Crippen LogP contribution >= 0.6 is 67.1 Å². The summed E-state index contributed by atoms with van der Waals surface area (Å²) in [6.07, 6.45) is 10.1. The molecule has 172 valence electrons. The number of allylic oxidation sites excluding steroid dienone is 4. The minimum absolute atomic E-state index is 0.125. The fraction of sp³-hybridized carbons (Fsp3) is 0.286. The molecule has 5 aliphatic rings. The van der Waals surface area contributed by atoms with Gasteiger partial charge in [-0.3, -0.25) is 0 Å². The molecule has 0 amide bonds. The molecule has 3 heterocycles. The molecule has 3 saturated heterocycles. The fourth-order valence-electron chi connectivity index (χ4n) is 7.00. The van der Waals surface area contributed by atoms with Gasteiger partial charge >= 0.3 is 239 Å². The molecular weight excluding hydrogens is 684 g/mol. The van der Waals surface area contributed by atoms with Crippen LogP contribution in [0.15, 0.2) is 107 Å². The third-order valence-electron chi connectivity index (χ3n) is 8.09. The number of hydrogen-bond donors (Lipinski definition) is 0. The van der Waals surface area contributed by atoms with Crippen LogP contribution in [0, 0.1) is 0 Å². The molecule has 2 aromatic carbocycles. The van der Waals surface area contributed by atoms with Gasteiger partial charge in [0.05, 0.1) is 0 Å². The number of alkyl halides is 2. The van der Waals surface area contributed by atoms with Gasteiger partial charge in [0.2, 0.25) is 0 Å². The maximum absolute atomic E-state index is 4.32. The Morgan fingerprint density at radius 1 is 0.676 bits per heavy atom. The first-order chi connectivity index (χ1) is 16.4. The second-order valence-electron chi connectivity index (χ2n) is 9.82. The SMILES string of the molecule is CC1=CC2SC(Br)[C]3(S[C]4(C5=CC(C)=CC5SC4Br)[Zr]3([c]3ccccc3)[c]3ccccc3)C2=C1. The predicted molar refractivity (Wildman–Crippen MR) is 157 cm³/mol. The molecule has 0 saturated carbocycles. The molecule has 7 rings (SSSR count). The number of fused-ring (bicyclic) bond motifs is 4. The molecule has 0 radical (unpaired) electrons. The molecule has 0 nitrogen and oxygen atoms in total. The Balaban J connectivity index is 1.60. The molecule has 6 heteroatoms. The molecule has 3 fully saturated rings. The fourth-order valence-corrected chi connectivity index (χ4v) is 44.6. The molecule has 3 aliphatic heterocycles. The van der Waals surface area contributed by atoms with Crippen LogP contribution in [0.25, 0.3) is 0 Å². The van der Waals surface area contributed by atoms with E-state index in [0.29, 0.717) is 18.8 Å². The van der Waals surface area contributed by atoms with Crippen molar-refractivity contribution in [2.45, 2.75) is 37.6 Å². The molecule has 0 aromatic heterocycles. The molecule has 0 bridgehead atoms. The van der Waals surface area contributed by atoms with Crippen molar-refractivity contribution >= 4 is 73.7 Å². The van der Waals surface area contributed by atoms with Gasteiger partial charge in [0.25, 0.3) is 0 Å². The van der Waals surface area contributed by atoms with Gasteiger partial charge in [0, 0.05) is 0 Å². The third-order valence-corrected chi connectivity index (χ3v) is 38.2. The predicted octanol–water partition coefficient (Wildman–Crippen LogP) is 7.38. The Morgan fingerprint density at radius 2 is 1.09 bits per heavy atom. The zero-order valence-electron chi connectivity index (χ0n) is 18.9. The van der Waals surface area contributed by atoms with Gasteiger partial charge in [-0.2, -0.15) is 0 Å². The van der Waals surface area contributed by atoms with Crippen molar-refractivity contribution in [1.29, 1.82) is 0 Å². The first-order valence-corrected chi connectivity index (χ1v) is 21.1. The Bertz CT molecular complexity index is 1220. The second kappa shape index (κ2) is 8.14. The Kier molecular flexibility index (Phi) is 5.61. The molecule has 6 unspecified atom stereocenters. The van der Waals surface area contributed by atoms with E-state index in [2.05, 4.69) is 166 Å². The summed E-state index contributed by atoms with van der Waals surface area (Å²) in [6.45, 7) is 4.57. The molecule has 34 heavy (non-hydrogen) atoms. The average Bonchev–Trinajstić information content (AvgIpc) is 3.50. The third kappa shape index (κ3) is 2.70. The summed E-state index contributed by atoms with van der Waals surface area (Å²) in [5.74, 6) is 0. The van der Waals surface area contributed by atoms with Crippen molar-refractivity contribution in [3.63, 3.8) is 0 Å². The first-order valence-electron chi connectivity index (χ1n) is 11.7. The van der Waals surface area contributed by atoms with Gasteiger partial charge in [-0.1, -0.05) is 0 Å². The summed E-state index contributed by atoms with van der Waals surface area (Å²) in [7, 11) is 0. The van der Waals surface area contributed by atoms with Crippen molar-refractivity contribution in [2.75, 3.05) is 0 Å². The van der Waals surface area contributed by atoms with Gasteiger partial charge in [-0.25, -0.2) is 0 Å². The first kappa shape index (κ1) is 23.4. The van der Waals surface area contributed by atoms with Crippen molar-refractivity contribution < 1.29 is 20.3 Å². The van der Waals surface area contributed by atoms with Crippen LogP contribution in [-0.4, -0.2) is 23.7 Å². The van der Waals surface area contributed by atoms with Crippen molar-refractivity contribution in [1.82, 2.24) is 0 Å². The van der Waals surface area contributed by atoms with Gasteiger partial charge in [-0.15, -0.1) is 0 Å². The van der Waals surface area contributed by atoms with Gasteiger partial charge in [-0.05, 0) is 0 Å². The van der Waals surface area contributed by atoms with Crippen LogP contribution < -0.4 is 6.54 Å². The number of thioether (sulfide) groups is 3. The van der Waals surface area contributed by atoms with Gasteiger partial charge in [0.1, 0.15) is 0 Å². The van der Waals surface area contributed by atoms with E-state index in [1.54, 1.807) is 17.7 Å². The molecule has 0 N–H and O–H groups in total. The molecular formula is C28H24Br2S3Zr. The molecule has 2 spiro atoms. The minimum atomic E-state index is -3.61. The quantitative estimate of drug-likeness (QED) is 0.300. The summed E-state index contributed by atoms with van der Waals surface area (Å²) >= 11 is 11.6. The summed E-state index contributed by atoms with van der Waals surface area (Å²) in [5.41, 5.74) is 6.21. The molecule has 6 atom stereocenters.